The molecule has 1 unspecified atom stereocenters. The number of hydrogen-bond donors (Lipinski definition) is 0. The van der Waals surface area contributed by atoms with Gasteiger partial charge in [-0.3, -0.25) is 9.36 Å². The van der Waals surface area contributed by atoms with Crippen molar-refractivity contribution in [3.05, 3.63) is 76.2 Å². The number of fused-ring (bicyclic) bond motifs is 1. The molecule has 0 N–H and O–H groups in total. The van der Waals surface area contributed by atoms with Crippen molar-refractivity contribution in [3.63, 3.8) is 0 Å². The summed E-state index contributed by atoms with van der Waals surface area (Å²) >= 11 is 0. The lowest BCUT2D eigenvalue weighted by Crippen LogP contribution is -2.23. The van der Waals surface area contributed by atoms with Crippen LogP contribution in [0.5, 0.6) is 11.8 Å². The monoisotopic (exact) mass is 424 g/mol. The summed E-state index contributed by atoms with van der Waals surface area (Å²) in [4.78, 5) is 15.7. The van der Waals surface area contributed by atoms with Gasteiger partial charge < -0.3 is 14.2 Å². The minimum absolute atomic E-state index is 0.0159. The van der Waals surface area contributed by atoms with Gasteiger partial charge in [-0.2, -0.15) is 4.98 Å². The molecule has 0 radical (unpaired) electrons. The van der Waals surface area contributed by atoms with Gasteiger partial charge in [-0.25, -0.2) is 4.39 Å². The van der Waals surface area contributed by atoms with Gasteiger partial charge in [-0.15, -0.1) is 0 Å². The zero-order valence-electron chi connectivity index (χ0n) is 17.4. The van der Waals surface area contributed by atoms with E-state index in [-0.39, 0.29) is 25.3 Å². The maximum Gasteiger partial charge on any atom is 0.300 e. The summed E-state index contributed by atoms with van der Waals surface area (Å²) in [6, 6.07) is 18.1. The fourth-order valence-corrected chi connectivity index (χ4v) is 3.51. The topological polar surface area (TPSA) is 62.6 Å². The summed E-state index contributed by atoms with van der Waals surface area (Å²) in [6.45, 7) is 2.48. The van der Waals surface area contributed by atoms with Crippen LogP contribution in [0.2, 0.25) is 0 Å². The Kier molecular flexibility index (Phi) is 6.62. The van der Waals surface area contributed by atoms with E-state index in [1.54, 1.807) is 4.57 Å². The van der Waals surface area contributed by atoms with E-state index in [4.69, 9.17) is 14.2 Å². The predicted molar refractivity (Wildman–Crippen MR) is 115 cm³/mol. The zero-order valence-corrected chi connectivity index (χ0v) is 17.4. The molecule has 7 heteroatoms. The van der Waals surface area contributed by atoms with Crippen LogP contribution >= 0.6 is 0 Å². The molecule has 3 aromatic rings. The molecule has 4 rings (SSSR count). The minimum Gasteiger partial charge on any atom is -0.490 e. The molecule has 0 spiro atoms. The van der Waals surface area contributed by atoms with E-state index in [0.29, 0.717) is 18.8 Å². The largest absolute Gasteiger partial charge is 0.490 e. The van der Waals surface area contributed by atoms with Crippen molar-refractivity contribution in [1.82, 2.24) is 9.55 Å². The maximum absolute atomic E-state index is 12.3. The first kappa shape index (κ1) is 21.1. The minimum atomic E-state index is -0.571. The second kappa shape index (κ2) is 9.75. The van der Waals surface area contributed by atoms with E-state index >= 15 is 0 Å². The number of aryl methyl sites for hydroxylation is 1. The van der Waals surface area contributed by atoms with Gasteiger partial charge in [-0.1, -0.05) is 43.3 Å². The Morgan fingerprint density at radius 2 is 1.84 bits per heavy atom. The number of benzene rings is 2. The molecule has 1 aliphatic heterocycles. The molecule has 162 valence electrons. The molecular formula is C24H25FN2O4. The van der Waals surface area contributed by atoms with Crippen molar-refractivity contribution in [3.8, 4) is 22.9 Å². The summed E-state index contributed by atoms with van der Waals surface area (Å²) in [7, 11) is 0. The van der Waals surface area contributed by atoms with Gasteiger partial charge in [0.2, 0.25) is 0 Å². The van der Waals surface area contributed by atoms with E-state index in [9.17, 15) is 9.18 Å². The third-order valence-electron chi connectivity index (χ3n) is 5.19. The van der Waals surface area contributed by atoms with Gasteiger partial charge in [0, 0.05) is 6.07 Å². The lowest BCUT2D eigenvalue weighted by molar-refractivity contribution is 0.101. The van der Waals surface area contributed by atoms with Crippen LogP contribution in [0.25, 0.3) is 11.1 Å². The van der Waals surface area contributed by atoms with Crippen LogP contribution in [0.4, 0.5) is 4.39 Å². The quantitative estimate of drug-likeness (QED) is 0.489. The first-order chi connectivity index (χ1) is 15.2. The highest BCUT2D eigenvalue weighted by Gasteiger charge is 2.26. The Morgan fingerprint density at radius 1 is 1.13 bits per heavy atom. The van der Waals surface area contributed by atoms with Crippen LogP contribution in [0, 0.1) is 0 Å². The number of aromatic nitrogens is 2. The molecule has 0 bridgehead atoms. The predicted octanol–water partition coefficient (Wildman–Crippen LogP) is 3.80. The number of halogens is 1. The van der Waals surface area contributed by atoms with Crippen molar-refractivity contribution >= 4 is 0 Å². The normalized spacial score (nSPS) is 14.8. The average molecular weight is 424 g/mol. The number of hydrogen-bond acceptors (Lipinski definition) is 5. The van der Waals surface area contributed by atoms with E-state index in [1.807, 2.05) is 24.3 Å². The van der Waals surface area contributed by atoms with Crippen LogP contribution in [-0.2, 0) is 24.3 Å². The molecule has 2 heterocycles. The van der Waals surface area contributed by atoms with Gasteiger partial charge in [0.1, 0.15) is 19.0 Å². The highest BCUT2D eigenvalue weighted by Crippen LogP contribution is 2.25. The lowest BCUT2D eigenvalue weighted by Gasteiger charge is -2.12. The molecule has 31 heavy (non-hydrogen) atoms. The summed E-state index contributed by atoms with van der Waals surface area (Å²) in [6.07, 6.45) is 0.742. The van der Waals surface area contributed by atoms with Gasteiger partial charge >= 0.3 is 6.01 Å². The molecule has 6 nitrogen and oxygen atoms in total. The van der Waals surface area contributed by atoms with E-state index in [1.165, 1.54) is 11.6 Å². The smallest absolute Gasteiger partial charge is 0.300 e. The summed E-state index contributed by atoms with van der Waals surface area (Å²) in [5, 5.41) is 0. The van der Waals surface area contributed by atoms with Crippen molar-refractivity contribution in [2.75, 3.05) is 19.9 Å². The molecule has 0 aliphatic carbocycles. The van der Waals surface area contributed by atoms with Crippen LogP contribution in [0.3, 0.4) is 0 Å². The molecule has 2 aromatic carbocycles. The standard InChI is InChI=1S/C24H25FN2O4/c1-2-17-3-5-18(6-4-17)19-7-9-21(10-8-19)30-16-22-14-27-20(15-29-12-11-25)13-23(28)26-24(27)31-22/h3-10,13,22H,2,11-12,14-16H2,1H3. The third kappa shape index (κ3) is 5.11. The number of alkyl halides is 1. The SMILES string of the molecule is CCc1ccc(-c2ccc(OCC3Cn4c(COCCF)cc(=O)nc4O3)cc2)cc1. The second-order valence-corrected chi connectivity index (χ2v) is 7.35. The number of rotatable bonds is 9. The zero-order chi connectivity index (χ0) is 21.6. The molecule has 0 saturated carbocycles. The van der Waals surface area contributed by atoms with Gasteiger partial charge in [0.15, 0.2) is 6.10 Å². The van der Waals surface area contributed by atoms with Crippen molar-refractivity contribution < 1.29 is 18.6 Å². The third-order valence-corrected chi connectivity index (χ3v) is 5.19. The first-order valence-electron chi connectivity index (χ1n) is 10.4. The Bertz CT molecular complexity index is 1060. The van der Waals surface area contributed by atoms with Gasteiger partial charge in [0.05, 0.1) is 25.5 Å². The van der Waals surface area contributed by atoms with Gasteiger partial charge in [0.25, 0.3) is 5.56 Å². The van der Waals surface area contributed by atoms with Gasteiger partial charge in [-0.05, 0) is 35.2 Å². The Labute approximate surface area is 180 Å². The molecule has 1 aliphatic rings. The molecular weight excluding hydrogens is 399 g/mol. The second-order valence-electron chi connectivity index (χ2n) is 7.35. The fraction of sp³-hybridized carbons (Fsp3) is 0.333. The van der Waals surface area contributed by atoms with Crippen LogP contribution in [0.15, 0.2) is 59.4 Å². The van der Waals surface area contributed by atoms with Crippen LogP contribution < -0.4 is 15.0 Å². The average Bonchev–Trinajstić information content (AvgIpc) is 3.21. The Hall–Kier alpha value is -3.19. The maximum atomic E-state index is 12.3. The Morgan fingerprint density at radius 3 is 2.52 bits per heavy atom. The van der Waals surface area contributed by atoms with E-state index < -0.39 is 12.2 Å². The molecule has 0 saturated heterocycles. The highest BCUT2D eigenvalue weighted by atomic mass is 19.1. The van der Waals surface area contributed by atoms with Crippen LogP contribution in [0.1, 0.15) is 18.2 Å². The van der Waals surface area contributed by atoms with Crippen LogP contribution in [-0.4, -0.2) is 35.5 Å². The van der Waals surface area contributed by atoms with E-state index in [2.05, 4.69) is 36.2 Å². The summed E-state index contributed by atoms with van der Waals surface area (Å²) < 4.78 is 30.9. The summed E-state index contributed by atoms with van der Waals surface area (Å²) in [5.41, 5.74) is 3.81. The molecule has 1 aromatic heterocycles. The van der Waals surface area contributed by atoms with Crippen molar-refractivity contribution in [2.24, 2.45) is 0 Å². The summed E-state index contributed by atoms with van der Waals surface area (Å²) in [5.74, 6) is 0.738. The fourth-order valence-electron chi connectivity index (χ4n) is 3.51. The highest BCUT2D eigenvalue weighted by molar-refractivity contribution is 5.64. The molecule has 1 atom stereocenters. The lowest BCUT2D eigenvalue weighted by atomic mass is 10.0. The van der Waals surface area contributed by atoms with E-state index in [0.717, 1.165) is 23.3 Å². The first-order valence-corrected chi connectivity index (χ1v) is 10.4. The number of ether oxygens (including phenoxy) is 3. The van der Waals surface area contributed by atoms with Crippen molar-refractivity contribution in [1.29, 1.82) is 0 Å². The molecule has 0 fully saturated rings. The van der Waals surface area contributed by atoms with Crippen molar-refractivity contribution in [2.45, 2.75) is 32.6 Å². The number of nitrogens with zero attached hydrogens (tertiary/aromatic N) is 2. The Balaban J connectivity index is 1.36. The molecule has 0 amide bonds.